The quantitative estimate of drug-likeness (QED) is 0.320. The summed E-state index contributed by atoms with van der Waals surface area (Å²) < 4.78 is 5.43. The fourth-order valence-electron chi connectivity index (χ4n) is 4.67. The Kier molecular flexibility index (Phi) is 12.7. The monoisotopic (exact) mass is 447 g/mol. The van der Waals surface area contributed by atoms with Crippen LogP contribution in [0.5, 0.6) is 0 Å². The van der Waals surface area contributed by atoms with Crippen LogP contribution in [0.3, 0.4) is 0 Å². The molecule has 0 bridgehead atoms. The summed E-state index contributed by atoms with van der Waals surface area (Å²) in [5.41, 5.74) is 0.932. The molecule has 182 valence electrons. The van der Waals surface area contributed by atoms with Crippen molar-refractivity contribution in [2.75, 3.05) is 6.54 Å². The Morgan fingerprint density at radius 3 is 2.16 bits per heavy atom. The summed E-state index contributed by atoms with van der Waals surface area (Å²) in [5, 5.41) is 21.2. The Bertz CT molecular complexity index is 623. The largest absolute Gasteiger partial charge is 0.445 e. The lowest BCUT2D eigenvalue weighted by molar-refractivity contribution is 0.0252. The van der Waals surface area contributed by atoms with Gasteiger partial charge in [-0.05, 0) is 18.9 Å². The highest BCUT2D eigenvalue weighted by Gasteiger charge is 2.44. The molecule has 0 aromatic heterocycles. The maximum atomic E-state index is 12.5. The van der Waals surface area contributed by atoms with E-state index in [0.29, 0.717) is 13.0 Å². The number of aliphatic hydroxyl groups excluding tert-OH is 2. The molecule has 32 heavy (non-hydrogen) atoms. The van der Waals surface area contributed by atoms with Crippen LogP contribution in [0.4, 0.5) is 4.79 Å². The maximum absolute atomic E-state index is 12.5. The van der Waals surface area contributed by atoms with Gasteiger partial charge >= 0.3 is 6.09 Å². The van der Waals surface area contributed by atoms with Gasteiger partial charge in [0, 0.05) is 12.5 Å². The van der Waals surface area contributed by atoms with Crippen molar-refractivity contribution < 1.29 is 19.7 Å². The van der Waals surface area contributed by atoms with E-state index in [0.717, 1.165) is 18.4 Å². The number of carbonyl (C=O) groups excluding carboxylic acids is 1. The van der Waals surface area contributed by atoms with Gasteiger partial charge in [-0.3, -0.25) is 0 Å². The average Bonchev–Trinajstić information content (AvgIpc) is 3.11. The molecular formula is C27H45NO4. The molecule has 5 heteroatoms. The average molecular weight is 448 g/mol. The topological polar surface area (TPSA) is 70.0 Å². The highest BCUT2D eigenvalue weighted by atomic mass is 16.6. The van der Waals surface area contributed by atoms with Crippen molar-refractivity contribution in [3.8, 4) is 0 Å². The van der Waals surface area contributed by atoms with E-state index < -0.39 is 18.3 Å². The Hall–Kier alpha value is -1.59. The second-order valence-corrected chi connectivity index (χ2v) is 9.48. The summed E-state index contributed by atoms with van der Waals surface area (Å²) in [6, 6.07) is 9.21. The number of unbranched alkanes of at least 4 members (excludes halogenated alkanes) is 10. The fourth-order valence-corrected chi connectivity index (χ4v) is 4.67. The molecule has 0 aliphatic carbocycles. The van der Waals surface area contributed by atoms with E-state index in [9.17, 15) is 15.0 Å². The zero-order valence-electron chi connectivity index (χ0n) is 20.3. The van der Waals surface area contributed by atoms with Crippen LogP contribution in [0.1, 0.15) is 96.5 Å². The van der Waals surface area contributed by atoms with Gasteiger partial charge in [0.1, 0.15) is 6.61 Å². The van der Waals surface area contributed by atoms with E-state index in [4.69, 9.17) is 4.74 Å². The van der Waals surface area contributed by atoms with Crippen LogP contribution in [-0.2, 0) is 11.3 Å². The van der Waals surface area contributed by atoms with Crippen LogP contribution in [0.2, 0.25) is 0 Å². The second kappa shape index (κ2) is 15.3. The maximum Gasteiger partial charge on any atom is 0.410 e. The first-order valence-corrected chi connectivity index (χ1v) is 12.9. The molecule has 1 amide bonds. The molecule has 1 aliphatic rings. The molecule has 1 aromatic carbocycles. The lowest BCUT2D eigenvalue weighted by Gasteiger charge is -2.22. The zero-order chi connectivity index (χ0) is 23.2. The number of benzene rings is 1. The van der Waals surface area contributed by atoms with Gasteiger partial charge in [0.15, 0.2) is 0 Å². The third kappa shape index (κ3) is 9.11. The fraction of sp³-hybridized carbons (Fsp3) is 0.741. The lowest BCUT2D eigenvalue weighted by Crippen LogP contribution is -2.37. The van der Waals surface area contributed by atoms with Crippen LogP contribution in [-0.4, -0.2) is 46.0 Å². The van der Waals surface area contributed by atoms with Crippen molar-refractivity contribution in [3.63, 3.8) is 0 Å². The van der Waals surface area contributed by atoms with Gasteiger partial charge < -0.3 is 19.8 Å². The molecule has 1 saturated heterocycles. The van der Waals surface area contributed by atoms with E-state index in [2.05, 4.69) is 6.92 Å². The Morgan fingerprint density at radius 2 is 1.56 bits per heavy atom. The first-order valence-electron chi connectivity index (χ1n) is 12.9. The number of rotatable bonds is 15. The zero-order valence-corrected chi connectivity index (χ0v) is 20.3. The van der Waals surface area contributed by atoms with Crippen molar-refractivity contribution >= 4 is 6.09 Å². The molecule has 1 aliphatic heterocycles. The smallest absolute Gasteiger partial charge is 0.410 e. The molecule has 5 nitrogen and oxygen atoms in total. The predicted octanol–water partition coefficient (Wildman–Crippen LogP) is 6.07. The van der Waals surface area contributed by atoms with Gasteiger partial charge in [0.2, 0.25) is 0 Å². The number of aliphatic hydroxyl groups is 2. The molecule has 4 atom stereocenters. The summed E-state index contributed by atoms with van der Waals surface area (Å²) in [6.45, 7) is 4.63. The van der Waals surface area contributed by atoms with Crippen LogP contribution in [0, 0.1) is 5.92 Å². The lowest BCUT2D eigenvalue weighted by atomic mass is 9.92. The third-order valence-corrected chi connectivity index (χ3v) is 6.87. The molecule has 1 heterocycles. The van der Waals surface area contributed by atoms with E-state index in [-0.39, 0.29) is 18.6 Å². The van der Waals surface area contributed by atoms with Crippen LogP contribution < -0.4 is 0 Å². The predicted molar refractivity (Wildman–Crippen MR) is 129 cm³/mol. The molecule has 2 N–H and O–H groups in total. The van der Waals surface area contributed by atoms with E-state index >= 15 is 0 Å². The number of nitrogens with zero attached hydrogens (tertiary/aromatic N) is 1. The van der Waals surface area contributed by atoms with Crippen LogP contribution in [0.25, 0.3) is 0 Å². The molecule has 0 radical (unpaired) electrons. The van der Waals surface area contributed by atoms with Crippen molar-refractivity contribution in [3.05, 3.63) is 35.9 Å². The number of ether oxygens (including phenoxy) is 1. The molecule has 0 unspecified atom stereocenters. The number of carbonyl (C=O) groups is 1. The Labute approximate surface area is 195 Å². The summed E-state index contributed by atoms with van der Waals surface area (Å²) in [4.78, 5) is 14.1. The van der Waals surface area contributed by atoms with Crippen molar-refractivity contribution in [1.29, 1.82) is 0 Å². The Morgan fingerprint density at radius 1 is 1.00 bits per heavy atom. The Balaban J connectivity index is 1.59. The summed E-state index contributed by atoms with van der Waals surface area (Å²) >= 11 is 0. The molecule has 1 fully saturated rings. The van der Waals surface area contributed by atoms with E-state index in [1.807, 2.05) is 37.3 Å². The van der Waals surface area contributed by atoms with E-state index in [1.165, 1.54) is 57.8 Å². The molecule has 0 saturated carbocycles. The highest BCUT2D eigenvalue weighted by molar-refractivity contribution is 5.68. The van der Waals surface area contributed by atoms with Gasteiger partial charge in [-0.1, -0.05) is 108 Å². The molecule has 0 spiro atoms. The normalized spacial score (nSPS) is 21.6. The minimum absolute atomic E-state index is 0.213. The minimum Gasteiger partial charge on any atom is -0.445 e. The second-order valence-electron chi connectivity index (χ2n) is 9.48. The van der Waals surface area contributed by atoms with E-state index in [1.54, 1.807) is 4.90 Å². The standard InChI is InChI=1S/C27H45NO4/c1-3-4-5-6-7-8-9-10-11-12-16-19-25(29)24-20-28(22(2)26(24)30)27(31)32-21-23-17-14-13-15-18-23/h13-15,17-18,22,24-26,29-30H,3-12,16,19-21H2,1-2H3/t22-,24+,25-,26-/m1/s1. The van der Waals surface area contributed by atoms with Crippen molar-refractivity contribution in [2.24, 2.45) is 5.92 Å². The van der Waals surface area contributed by atoms with Gasteiger partial charge in [-0.25, -0.2) is 4.79 Å². The summed E-state index contributed by atoms with van der Waals surface area (Å²) in [7, 11) is 0. The van der Waals surface area contributed by atoms with Gasteiger partial charge in [0.05, 0.1) is 18.2 Å². The molecular weight excluding hydrogens is 402 g/mol. The van der Waals surface area contributed by atoms with Crippen molar-refractivity contribution in [1.82, 2.24) is 4.90 Å². The van der Waals surface area contributed by atoms with Gasteiger partial charge in [-0.2, -0.15) is 0 Å². The highest BCUT2D eigenvalue weighted by Crippen LogP contribution is 2.29. The van der Waals surface area contributed by atoms with Crippen LogP contribution >= 0.6 is 0 Å². The van der Waals surface area contributed by atoms with Crippen molar-refractivity contribution in [2.45, 2.75) is 116 Å². The first kappa shape index (κ1) is 26.7. The SMILES string of the molecule is CCCCCCCCCCCCC[C@@H](O)[C@@H]1CN(C(=O)OCc2ccccc2)[C@H](C)[C@H]1O. The number of hydrogen-bond donors (Lipinski definition) is 2. The van der Waals surface area contributed by atoms with Crippen LogP contribution in [0.15, 0.2) is 30.3 Å². The summed E-state index contributed by atoms with van der Waals surface area (Å²) in [6.07, 6.45) is 13.0. The molecule has 1 aromatic rings. The third-order valence-electron chi connectivity index (χ3n) is 6.87. The number of likely N-dealkylation sites (tertiary alicyclic amines) is 1. The minimum atomic E-state index is -0.720. The van der Waals surface area contributed by atoms with Gasteiger partial charge in [0.25, 0.3) is 0 Å². The molecule has 2 rings (SSSR count). The number of amides is 1. The summed E-state index contributed by atoms with van der Waals surface area (Å²) in [5.74, 6) is -0.308. The van der Waals surface area contributed by atoms with Gasteiger partial charge in [-0.15, -0.1) is 0 Å². The first-order chi connectivity index (χ1) is 15.5. The number of hydrogen-bond acceptors (Lipinski definition) is 4.